The van der Waals surface area contributed by atoms with Crippen molar-refractivity contribution in [2.75, 3.05) is 0 Å². The monoisotopic (exact) mass is 362 g/mol. The predicted octanol–water partition coefficient (Wildman–Crippen LogP) is 7.94. The van der Waals surface area contributed by atoms with Crippen molar-refractivity contribution in [2.24, 2.45) is 0 Å². The SMILES string of the molecule is CC(C)c1ccc2c(c1)C(C)(C)c1cc(-c3ccc4ccccc4c3)ccc1-2. The molecule has 0 radical (unpaired) electrons. The molecular weight excluding hydrogens is 336 g/mol. The highest BCUT2D eigenvalue weighted by Gasteiger charge is 2.35. The van der Waals surface area contributed by atoms with Crippen molar-refractivity contribution in [2.45, 2.75) is 39.0 Å². The Labute approximate surface area is 167 Å². The molecule has 0 heterocycles. The molecule has 1 aliphatic carbocycles. The molecule has 0 heteroatoms. The second kappa shape index (κ2) is 6.07. The molecular formula is C28H26. The van der Waals surface area contributed by atoms with Gasteiger partial charge in [0.05, 0.1) is 0 Å². The highest BCUT2D eigenvalue weighted by atomic mass is 14.4. The van der Waals surface area contributed by atoms with Gasteiger partial charge in [0.1, 0.15) is 0 Å². The standard InChI is InChI=1S/C28H26/c1-18(2)20-11-13-24-25-14-12-23(17-27(25)28(3,4)26(24)16-20)22-10-9-19-7-5-6-8-21(19)15-22/h5-18H,1-4H3. The van der Waals surface area contributed by atoms with Crippen LogP contribution in [-0.4, -0.2) is 0 Å². The zero-order chi connectivity index (χ0) is 19.5. The third-order valence-electron chi connectivity index (χ3n) is 6.45. The van der Waals surface area contributed by atoms with Crippen LogP contribution in [0.25, 0.3) is 33.0 Å². The summed E-state index contributed by atoms with van der Waals surface area (Å²) in [5.41, 5.74) is 9.73. The van der Waals surface area contributed by atoms with Crippen molar-refractivity contribution >= 4 is 10.8 Å². The summed E-state index contributed by atoms with van der Waals surface area (Å²) in [6.45, 7) is 9.28. The molecule has 138 valence electrons. The lowest BCUT2D eigenvalue weighted by Crippen LogP contribution is -2.15. The van der Waals surface area contributed by atoms with Crippen LogP contribution in [0.5, 0.6) is 0 Å². The average molecular weight is 363 g/mol. The van der Waals surface area contributed by atoms with Crippen LogP contribution in [0.2, 0.25) is 0 Å². The van der Waals surface area contributed by atoms with Crippen molar-refractivity contribution in [1.82, 2.24) is 0 Å². The second-order valence-corrected chi connectivity index (χ2v) is 8.91. The van der Waals surface area contributed by atoms with E-state index in [2.05, 4.69) is 107 Å². The van der Waals surface area contributed by atoms with E-state index >= 15 is 0 Å². The Kier molecular flexibility index (Phi) is 3.74. The van der Waals surface area contributed by atoms with Crippen LogP contribution in [0.4, 0.5) is 0 Å². The van der Waals surface area contributed by atoms with Gasteiger partial charge < -0.3 is 0 Å². The minimum Gasteiger partial charge on any atom is -0.0616 e. The number of hydrogen-bond donors (Lipinski definition) is 0. The van der Waals surface area contributed by atoms with E-state index in [0.29, 0.717) is 5.92 Å². The maximum absolute atomic E-state index is 2.43. The molecule has 0 atom stereocenters. The van der Waals surface area contributed by atoms with Gasteiger partial charge in [-0.05, 0) is 67.8 Å². The van der Waals surface area contributed by atoms with Gasteiger partial charge in [-0.2, -0.15) is 0 Å². The second-order valence-electron chi connectivity index (χ2n) is 8.91. The number of hydrogen-bond acceptors (Lipinski definition) is 0. The first-order valence-electron chi connectivity index (χ1n) is 10.2. The average Bonchev–Trinajstić information content (AvgIpc) is 2.94. The third kappa shape index (κ3) is 2.52. The Bertz CT molecular complexity index is 1210. The first kappa shape index (κ1) is 17.3. The van der Waals surface area contributed by atoms with Gasteiger partial charge in [0, 0.05) is 5.41 Å². The van der Waals surface area contributed by atoms with Crippen molar-refractivity contribution in [1.29, 1.82) is 0 Å². The predicted molar refractivity (Wildman–Crippen MR) is 121 cm³/mol. The normalized spacial score (nSPS) is 14.3. The van der Waals surface area contributed by atoms with E-state index in [1.54, 1.807) is 0 Å². The van der Waals surface area contributed by atoms with Crippen LogP contribution >= 0.6 is 0 Å². The molecule has 1 aliphatic rings. The summed E-state index contributed by atoms with van der Waals surface area (Å²) in [6, 6.07) is 29.4. The first-order valence-corrected chi connectivity index (χ1v) is 10.2. The summed E-state index contributed by atoms with van der Waals surface area (Å²) in [5, 5.41) is 2.59. The molecule has 0 aromatic heterocycles. The molecule has 5 rings (SSSR count). The van der Waals surface area contributed by atoms with Gasteiger partial charge >= 0.3 is 0 Å². The van der Waals surface area contributed by atoms with Crippen LogP contribution in [-0.2, 0) is 5.41 Å². The molecule has 0 aliphatic heterocycles. The fraction of sp³-hybridized carbons (Fsp3) is 0.214. The summed E-state index contributed by atoms with van der Waals surface area (Å²) in [7, 11) is 0. The van der Waals surface area contributed by atoms with E-state index in [4.69, 9.17) is 0 Å². The van der Waals surface area contributed by atoms with E-state index in [1.807, 2.05) is 0 Å². The summed E-state index contributed by atoms with van der Waals surface area (Å²) in [4.78, 5) is 0. The topological polar surface area (TPSA) is 0 Å². The van der Waals surface area contributed by atoms with Crippen LogP contribution in [0, 0.1) is 0 Å². The van der Waals surface area contributed by atoms with Crippen LogP contribution in [0.15, 0.2) is 78.9 Å². The molecule has 28 heavy (non-hydrogen) atoms. The van der Waals surface area contributed by atoms with Crippen molar-refractivity contribution < 1.29 is 0 Å². The number of rotatable bonds is 2. The molecule has 0 spiro atoms. The molecule has 4 aromatic carbocycles. The van der Waals surface area contributed by atoms with Gasteiger partial charge in [-0.1, -0.05) is 94.4 Å². The lowest BCUT2D eigenvalue weighted by Gasteiger charge is -2.23. The van der Waals surface area contributed by atoms with Crippen LogP contribution in [0.1, 0.15) is 50.3 Å². The van der Waals surface area contributed by atoms with Gasteiger partial charge in [0.2, 0.25) is 0 Å². The highest BCUT2D eigenvalue weighted by molar-refractivity contribution is 5.89. The molecule has 0 unspecified atom stereocenters. The lowest BCUT2D eigenvalue weighted by molar-refractivity contribution is 0.658. The molecule has 0 N–H and O–H groups in total. The van der Waals surface area contributed by atoms with E-state index in [1.165, 1.54) is 49.7 Å². The summed E-state index contributed by atoms with van der Waals surface area (Å²) in [6.07, 6.45) is 0. The summed E-state index contributed by atoms with van der Waals surface area (Å²) < 4.78 is 0. The Morgan fingerprint density at radius 3 is 1.96 bits per heavy atom. The van der Waals surface area contributed by atoms with Gasteiger partial charge in [-0.15, -0.1) is 0 Å². The van der Waals surface area contributed by atoms with E-state index in [-0.39, 0.29) is 5.41 Å². The van der Waals surface area contributed by atoms with Crippen molar-refractivity contribution in [3.8, 4) is 22.3 Å². The Balaban J connectivity index is 1.65. The first-order chi connectivity index (χ1) is 13.4. The van der Waals surface area contributed by atoms with E-state index < -0.39 is 0 Å². The fourth-order valence-electron chi connectivity index (χ4n) is 4.66. The molecule has 0 fully saturated rings. The molecule has 0 nitrogen and oxygen atoms in total. The zero-order valence-electron chi connectivity index (χ0n) is 17.1. The van der Waals surface area contributed by atoms with Gasteiger partial charge in [-0.3, -0.25) is 0 Å². The van der Waals surface area contributed by atoms with Crippen LogP contribution < -0.4 is 0 Å². The number of fused-ring (bicyclic) bond motifs is 4. The molecule has 0 saturated carbocycles. The van der Waals surface area contributed by atoms with Crippen molar-refractivity contribution in [3.05, 3.63) is 95.6 Å². The Morgan fingerprint density at radius 2 is 1.21 bits per heavy atom. The van der Waals surface area contributed by atoms with Crippen molar-refractivity contribution in [3.63, 3.8) is 0 Å². The molecule has 0 bridgehead atoms. The maximum Gasteiger partial charge on any atom is 0.0159 e. The quantitative estimate of drug-likeness (QED) is 0.339. The number of benzene rings is 4. The maximum atomic E-state index is 2.43. The third-order valence-corrected chi connectivity index (χ3v) is 6.45. The molecule has 0 saturated heterocycles. The molecule has 4 aromatic rings. The smallest absolute Gasteiger partial charge is 0.0159 e. The minimum atomic E-state index is 0.0302. The Morgan fingerprint density at radius 1 is 0.607 bits per heavy atom. The lowest BCUT2D eigenvalue weighted by atomic mass is 9.80. The summed E-state index contributed by atoms with van der Waals surface area (Å²) >= 11 is 0. The fourth-order valence-corrected chi connectivity index (χ4v) is 4.66. The largest absolute Gasteiger partial charge is 0.0616 e. The van der Waals surface area contributed by atoms with E-state index in [0.717, 1.165) is 0 Å². The van der Waals surface area contributed by atoms with Gasteiger partial charge in [0.15, 0.2) is 0 Å². The zero-order valence-corrected chi connectivity index (χ0v) is 17.1. The highest BCUT2D eigenvalue weighted by Crippen LogP contribution is 2.50. The minimum absolute atomic E-state index is 0.0302. The summed E-state index contributed by atoms with van der Waals surface area (Å²) in [5.74, 6) is 0.554. The van der Waals surface area contributed by atoms with Gasteiger partial charge in [-0.25, -0.2) is 0 Å². The van der Waals surface area contributed by atoms with Crippen LogP contribution in [0.3, 0.4) is 0 Å². The van der Waals surface area contributed by atoms with Gasteiger partial charge in [0.25, 0.3) is 0 Å². The Hall–Kier alpha value is -2.86. The van der Waals surface area contributed by atoms with E-state index in [9.17, 15) is 0 Å². The molecule has 0 amide bonds.